The molecule has 1 fully saturated rings. The van der Waals surface area contributed by atoms with Crippen LogP contribution < -0.4 is 10.6 Å². The van der Waals surface area contributed by atoms with Crippen LogP contribution in [-0.4, -0.2) is 18.5 Å². The standard InChI is InChI=1S/C13H15BrF2N2O/c1-7-2-3-17-11(4-7)13(19)18-12-9(15)5-8(14)6-10(12)16/h5-7,11,17H,2-4H2,1H3,(H,18,19). The highest BCUT2D eigenvalue weighted by Crippen LogP contribution is 2.24. The minimum absolute atomic E-state index is 0.296. The number of piperidine rings is 1. The van der Waals surface area contributed by atoms with Gasteiger partial charge in [-0.3, -0.25) is 4.79 Å². The summed E-state index contributed by atoms with van der Waals surface area (Å²) in [7, 11) is 0. The lowest BCUT2D eigenvalue weighted by molar-refractivity contribution is -0.119. The summed E-state index contributed by atoms with van der Waals surface area (Å²) in [6.45, 7) is 2.80. The van der Waals surface area contributed by atoms with Crippen LogP contribution in [0.1, 0.15) is 19.8 Å². The number of rotatable bonds is 2. The number of halogens is 3. The largest absolute Gasteiger partial charge is 0.320 e. The van der Waals surface area contributed by atoms with Crippen molar-refractivity contribution in [3.63, 3.8) is 0 Å². The topological polar surface area (TPSA) is 41.1 Å². The number of anilines is 1. The second-order valence-corrected chi connectivity index (χ2v) is 5.79. The Morgan fingerprint density at radius 1 is 1.42 bits per heavy atom. The number of amides is 1. The zero-order valence-electron chi connectivity index (χ0n) is 10.5. The molecule has 1 amide bonds. The number of carbonyl (C=O) groups excluding carboxylic acids is 1. The molecule has 0 saturated carbocycles. The molecule has 2 rings (SSSR count). The molecule has 2 atom stereocenters. The van der Waals surface area contributed by atoms with E-state index >= 15 is 0 Å². The van der Waals surface area contributed by atoms with Gasteiger partial charge in [0.25, 0.3) is 0 Å². The molecule has 0 bridgehead atoms. The molecule has 0 aliphatic carbocycles. The zero-order valence-corrected chi connectivity index (χ0v) is 12.1. The lowest BCUT2D eigenvalue weighted by Gasteiger charge is -2.27. The molecule has 1 aliphatic rings. The number of carbonyl (C=O) groups is 1. The van der Waals surface area contributed by atoms with Crippen LogP contribution in [0.15, 0.2) is 16.6 Å². The Labute approximate surface area is 118 Å². The first-order valence-corrected chi connectivity index (χ1v) is 6.95. The minimum atomic E-state index is -0.788. The molecular weight excluding hydrogens is 318 g/mol. The molecule has 1 aromatic carbocycles. The Bertz CT molecular complexity index is 473. The smallest absolute Gasteiger partial charge is 0.241 e. The molecule has 2 N–H and O–H groups in total. The zero-order chi connectivity index (χ0) is 14.0. The van der Waals surface area contributed by atoms with Crippen LogP contribution in [0, 0.1) is 17.6 Å². The second kappa shape index (κ2) is 5.96. The molecule has 0 radical (unpaired) electrons. The summed E-state index contributed by atoms with van der Waals surface area (Å²) in [5, 5.41) is 5.38. The van der Waals surface area contributed by atoms with E-state index in [1.165, 1.54) is 0 Å². The number of hydrogen-bond donors (Lipinski definition) is 2. The molecule has 1 aliphatic heterocycles. The van der Waals surface area contributed by atoms with E-state index in [-0.39, 0.29) is 0 Å². The summed E-state index contributed by atoms with van der Waals surface area (Å²) >= 11 is 2.99. The third-order valence-corrected chi connectivity index (χ3v) is 3.70. The fourth-order valence-electron chi connectivity index (χ4n) is 2.18. The first-order chi connectivity index (χ1) is 8.97. The second-order valence-electron chi connectivity index (χ2n) is 4.87. The van der Waals surface area contributed by atoms with Crippen molar-refractivity contribution in [3.05, 3.63) is 28.2 Å². The summed E-state index contributed by atoms with van der Waals surface area (Å²) in [6, 6.07) is 1.84. The third-order valence-electron chi connectivity index (χ3n) is 3.24. The summed E-state index contributed by atoms with van der Waals surface area (Å²) in [6.07, 6.45) is 1.68. The van der Waals surface area contributed by atoms with E-state index in [1.807, 2.05) is 0 Å². The van der Waals surface area contributed by atoms with Gasteiger partial charge in [0.15, 0.2) is 11.6 Å². The minimum Gasteiger partial charge on any atom is -0.320 e. The monoisotopic (exact) mass is 332 g/mol. The average Bonchev–Trinajstić information content (AvgIpc) is 2.33. The van der Waals surface area contributed by atoms with E-state index in [0.29, 0.717) is 16.8 Å². The highest BCUT2D eigenvalue weighted by atomic mass is 79.9. The van der Waals surface area contributed by atoms with Crippen LogP contribution in [0.25, 0.3) is 0 Å². The van der Waals surface area contributed by atoms with Crippen molar-refractivity contribution >= 4 is 27.5 Å². The van der Waals surface area contributed by atoms with E-state index in [2.05, 4.69) is 33.5 Å². The van der Waals surface area contributed by atoms with Gasteiger partial charge in [0.05, 0.1) is 6.04 Å². The van der Waals surface area contributed by atoms with E-state index in [4.69, 9.17) is 0 Å². The molecule has 19 heavy (non-hydrogen) atoms. The van der Waals surface area contributed by atoms with E-state index in [0.717, 1.165) is 25.1 Å². The maximum absolute atomic E-state index is 13.6. The van der Waals surface area contributed by atoms with Gasteiger partial charge in [0.2, 0.25) is 5.91 Å². The fraction of sp³-hybridized carbons (Fsp3) is 0.462. The Balaban J connectivity index is 2.10. The predicted molar refractivity (Wildman–Crippen MR) is 72.9 cm³/mol. The molecule has 104 valence electrons. The van der Waals surface area contributed by atoms with Crippen molar-refractivity contribution < 1.29 is 13.6 Å². The van der Waals surface area contributed by atoms with Gasteiger partial charge < -0.3 is 10.6 Å². The van der Waals surface area contributed by atoms with E-state index in [9.17, 15) is 13.6 Å². The van der Waals surface area contributed by atoms with Crippen molar-refractivity contribution in [1.82, 2.24) is 5.32 Å². The molecule has 1 saturated heterocycles. The first-order valence-electron chi connectivity index (χ1n) is 6.16. The third kappa shape index (κ3) is 3.51. The van der Waals surface area contributed by atoms with Crippen molar-refractivity contribution in [1.29, 1.82) is 0 Å². The molecule has 0 aromatic heterocycles. The predicted octanol–water partition coefficient (Wildman–Crippen LogP) is 3.05. The summed E-state index contributed by atoms with van der Waals surface area (Å²) in [5.74, 6) is -1.54. The van der Waals surface area contributed by atoms with Crippen LogP contribution in [0.4, 0.5) is 14.5 Å². The Kier molecular flexibility index (Phi) is 4.52. The van der Waals surface area contributed by atoms with Gasteiger partial charge in [0.1, 0.15) is 5.69 Å². The van der Waals surface area contributed by atoms with Gasteiger partial charge in [-0.2, -0.15) is 0 Å². The fourth-order valence-corrected chi connectivity index (χ4v) is 2.58. The molecule has 3 nitrogen and oxygen atoms in total. The highest BCUT2D eigenvalue weighted by Gasteiger charge is 2.26. The molecule has 1 heterocycles. The van der Waals surface area contributed by atoms with Crippen LogP contribution in [-0.2, 0) is 4.79 Å². The van der Waals surface area contributed by atoms with Gasteiger partial charge >= 0.3 is 0 Å². The quantitative estimate of drug-likeness (QED) is 0.873. The lowest BCUT2D eigenvalue weighted by Crippen LogP contribution is -2.45. The number of benzene rings is 1. The van der Waals surface area contributed by atoms with Crippen molar-refractivity contribution in [2.75, 3.05) is 11.9 Å². The summed E-state index contributed by atoms with van der Waals surface area (Å²) < 4.78 is 27.5. The summed E-state index contributed by atoms with van der Waals surface area (Å²) in [4.78, 5) is 12.0. The van der Waals surface area contributed by atoms with Crippen LogP contribution in [0.3, 0.4) is 0 Å². The Morgan fingerprint density at radius 2 is 2.05 bits per heavy atom. The van der Waals surface area contributed by atoms with Gasteiger partial charge in [-0.15, -0.1) is 0 Å². The molecule has 6 heteroatoms. The maximum atomic E-state index is 13.6. The van der Waals surface area contributed by atoms with Gasteiger partial charge in [-0.25, -0.2) is 8.78 Å². The number of hydrogen-bond acceptors (Lipinski definition) is 2. The highest BCUT2D eigenvalue weighted by molar-refractivity contribution is 9.10. The van der Waals surface area contributed by atoms with E-state index in [1.54, 1.807) is 0 Å². The molecule has 1 aromatic rings. The molecule has 2 unspecified atom stereocenters. The van der Waals surface area contributed by atoms with E-state index < -0.39 is 29.3 Å². The number of nitrogens with one attached hydrogen (secondary N) is 2. The van der Waals surface area contributed by atoms with Crippen molar-refractivity contribution in [2.45, 2.75) is 25.8 Å². The van der Waals surface area contributed by atoms with Crippen LogP contribution >= 0.6 is 15.9 Å². The Morgan fingerprint density at radius 3 is 2.63 bits per heavy atom. The van der Waals surface area contributed by atoms with Crippen molar-refractivity contribution in [3.8, 4) is 0 Å². The maximum Gasteiger partial charge on any atom is 0.241 e. The first kappa shape index (κ1) is 14.4. The normalized spacial score (nSPS) is 23.2. The van der Waals surface area contributed by atoms with Gasteiger partial charge in [-0.1, -0.05) is 22.9 Å². The molecule has 0 spiro atoms. The van der Waals surface area contributed by atoms with Gasteiger partial charge in [-0.05, 0) is 37.4 Å². The lowest BCUT2D eigenvalue weighted by atomic mass is 9.94. The SMILES string of the molecule is CC1CCNC(C(=O)Nc2c(F)cc(Br)cc2F)C1. The van der Waals surface area contributed by atoms with Crippen LogP contribution in [0.5, 0.6) is 0 Å². The average molecular weight is 333 g/mol. The molecular formula is C13H15BrF2N2O. The van der Waals surface area contributed by atoms with Crippen molar-refractivity contribution in [2.24, 2.45) is 5.92 Å². The van der Waals surface area contributed by atoms with Gasteiger partial charge in [0, 0.05) is 4.47 Å². The Hall–Kier alpha value is -1.01. The van der Waals surface area contributed by atoms with Crippen LogP contribution in [0.2, 0.25) is 0 Å². The summed E-state index contributed by atoms with van der Waals surface area (Å²) in [5.41, 5.74) is -0.395.